The van der Waals surface area contributed by atoms with E-state index in [1.54, 1.807) is 0 Å². The maximum atomic E-state index is 5.49. The number of hydrogen-bond donors (Lipinski definition) is 1. The summed E-state index contributed by atoms with van der Waals surface area (Å²) in [5.74, 6) is 0.968. The number of rotatable bonds is 4. The van der Waals surface area contributed by atoms with Crippen LogP contribution in [0.25, 0.3) is 0 Å². The Morgan fingerprint density at radius 1 is 1.55 bits per heavy atom. The van der Waals surface area contributed by atoms with Crippen LogP contribution in [0.2, 0.25) is 0 Å². The lowest BCUT2D eigenvalue weighted by atomic mass is 9.95. The van der Waals surface area contributed by atoms with Crippen molar-refractivity contribution in [2.75, 3.05) is 19.6 Å². The van der Waals surface area contributed by atoms with Crippen LogP contribution in [0.4, 0.5) is 0 Å². The van der Waals surface area contributed by atoms with Gasteiger partial charge in [0.15, 0.2) is 0 Å². The van der Waals surface area contributed by atoms with E-state index in [-0.39, 0.29) is 0 Å². The minimum absolute atomic E-state index is 0.711. The normalized spacial score (nSPS) is 23.2. The highest BCUT2D eigenvalue weighted by Crippen LogP contribution is 2.21. The van der Waals surface area contributed by atoms with E-state index in [0.717, 1.165) is 18.9 Å². The highest BCUT2D eigenvalue weighted by Gasteiger charge is 2.27. The molecule has 0 amide bonds. The van der Waals surface area contributed by atoms with E-state index in [0.29, 0.717) is 6.04 Å². The van der Waals surface area contributed by atoms with Gasteiger partial charge in [-0.1, -0.05) is 13.3 Å². The van der Waals surface area contributed by atoms with Gasteiger partial charge in [0.25, 0.3) is 0 Å². The Balaban J connectivity index is 2.10. The smallest absolute Gasteiger partial charge is 0.00791 e. The zero-order valence-corrected chi connectivity index (χ0v) is 7.71. The van der Waals surface area contributed by atoms with E-state index in [9.17, 15) is 0 Å². The minimum Gasteiger partial charge on any atom is -0.330 e. The first-order valence-electron chi connectivity index (χ1n) is 4.72. The largest absolute Gasteiger partial charge is 0.330 e. The molecule has 1 aliphatic heterocycles. The first-order chi connectivity index (χ1) is 5.27. The molecule has 0 radical (unpaired) electrons. The van der Waals surface area contributed by atoms with Crippen LogP contribution in [-0.4, -0.2) is 30.6 Å². The molecular weight excluding hydrogens is 136 g/mol. The zero-order chi connectivity index (χ0) is 8.27. The summed E-state index contributed by atoms with van der Waals surface area (Å²) in [6.45, 7) is 7.98. The fourth-order valence-electron chi connectivity index (χ4n) is 1.65. The molecule has 0 aliphatic carbocycles. The third kappa shape index (κ3) is 2.17. The summed E-state index contributed by atoms with van der Waals surface area (Å²) in [5, 5.41) is 0. The van der Waals surface area contributed by atoms with Gasteiger partial charge in [-0.05, 0) is 25.8 Å². The maximum Gasteiger partial charge on any atom is 0.00791 e. The fourth-order valence-corrected chi connectivity index (χ4v) is 1.65. The molecule has 0 spiro atoms. The second kappa shape index (κ2) is 4.07. The van der Waals surface area contributed by atoms with Gasteiger partial charge in [0.1, 0.15) is 0 Å². The molecule has 1 aliphatic rings. The molecule has 1 atom stereocenters. The van der Waals surface area contributed by atoms with Crippen LogP contribution in [0.1, 0.15) is 26.7 Å². The predicted molar refractivity (Wildman–Crippen MR) is 48.5 cm³/mol. The zero-order valence-electron chi connectivity index (χ0n) is 7.71. The molecule has 1 saturated heterocycles. The monoisotopic (exact) mass is 156 g/mol. The Bertz CT molecular complexity index is 108. The number of hydrogen-bond acceptors (Lipinski definition) is 2. The molecule has 0 aromatic rings. The van der Waals surface area contributed by atoms with Crippen molar-refractivity contribution in [3.63, 3.8) is 0 Å². The highest BCUT2D eigenvalue weighted by molar-refractivity contribution is 4.82. The van der Waals surface area contributed by atoms with Crippen LogP contribution >= 0.6 is 0 Å². The average Bonchev–Trinajstić information content (AvgIpc) is 1.86. The summed E-state index contributed by atoms with van der Waals surface area (Å²) >= 11 is 0. The molecule has 1 fully saturated rings. The van der Waals surface area contributed by atoms with Gasteiger partial charge in [0, 0.05) is 19.1 Å². The summed E-state index contributed by atoms with van der Waals surface area (Å²) in [5.41, 5.74) is 5.49. The quantitative estimate of drug-likeness (QED) is 0.659. The van der Waals surface area contributed by atoms with Gasteiger partial charge in [0.2, 0.25) is 0 Å². The summed E-state index contributed by atoms with van der Waals surface area (Å²) in [7, 11) is 0. The van der Waals surface area contributed by atoms with Crippen LogP contribution in [-0.2, 0) is 0 Å². The molecule has 1 rings (SSSR count). The SMILES string of the molecule is CCC1CN(C(C)CCN)C1. The van der Waals surface area contributed by atoms with Crippen molar-refractivity contribution in [3.05, 3.63) is 0 Å². The van der Waals surface area contributed by atoms with E-state index >= 15 is 0 Å². The van der Waals surface area contributed by atoms with Gasteiger partial charge >= 0.3 is 0 Å². The molecule has 11 heavy (non-hydrogen) atoms. The van der Waals surface area contributed by atoms with Gasteiger partial charge in [-0.3, -0.25) is 4.90 Å². The first kappa shape index (κ1) is 9.01. The van der Waals surface area contributed by atoms with E-state index in [4.69, 9.17) is 5.73 Å². The Morgan fingerprint density at radius 2 is 2.18 bits per heavy atom. The van der Waals surface area contributed by atoms with Crippen molar-refractivity contribution in [3.8, 4) is 0 Å². The molecule has 0 bridgehead atoms. The third-order valence-electron chi connectivity index (χ3n) is 2.77. The van der Waals surface area contributed by atoms with Crippen molar-refractivity contribution in [1.29, 1.82) is 0 Å². The lowest BCUT2D eigenvalue weighted by molar-refractivity contribution is 0.0555. The van der Waals surface area contributed by atoms with Gasteiger partial charge in [-0.15, -0.1) is 0 Å². The topological polar surface area (TPSA) is 29.3 Å². The summed E-state index contributed by atoms with van der Waals surface area (Å²) in [6.07, 6.45) is 2.49. The minimum atomic E-state index is 0.711. The highest BCUT2D eigenvalue weighted by atomic mass is 15.2. The van der Waals surface area contributed by atoms with Gasteiger partial charge < -0.3 is 5.73 Å². The van der Waals surface area contributed by atoms with Crippen molar-refractivity contribution in [1.82, 2.24) is 4.90 Å². The van der Waals surface area contributed by atoms with Crippen LogP contribution < -0.4 is 5.73 Å². The van der Waals surface area contributed by atoms with Gasteiger partial charge in [-0.2, -0.15) is 0 Å². The molecule has 0 saturated carbocycles. The van der Waals surface area contributed by atoms with E-state index in [1.807, 2.05) is 0 Å². The molecule has 2 heteroatoms. The summed E-state index contributed by atoms with van der Waals surface area (Å²) in [4.78, 5) is 2.53. The van der Waals surface area contributed by atoms with Crippen LogP contribution in [0.15, 0.2) is 0 Å². The molecule has 2 nitrogen and oxygen atoms in total. The van der Waals surface area contributed by atoms with Gasteiger partial charge in [-0.25, -0.2) is 0 Å². The van der Waals surface area contributed by atoms with Crippen LogP contribution in [0.5, 0.6) is 0 Å². The molecule has 2 N–H and O–H groups in total. The number of likely N-dealkylation sites (tertiary alicyclic amines) is 1. The van der Waals surface area contributed by atoms with E-state index in [1.165, 1.54) is 19.5 Å². The molecule has 0 aromatic heterocycles. The van der Waals surface area contributed by atoms with Crippen molar-refractivity contribution in [2.24, 2.45) is 11.7 Å². The molecule has 1 unspecified atom stereocenters. The molecule has 0 aromatic carbocycles. The summed E-state index contributed by atoms with van der Waals surface area (Å²) < 4.78 is 0. The molecule has 1 heterocycles. The number of nitrogens with zero attached hydrogens (tertiary/aromatic N) is 1. The second-order valence-electron chi connectivity index (χ2n) is 3.65. The molecular formula is C9H20N2. The summed E-state index contributed by atoms with van der Waals surface area (Å²) in [6, 6.07) is 0.711. The molecule has 66 valence electrons. The Kier molecular flexibility index (Phi) is 3.34. The Hall–Kier alpha value is -0.0800. The predicted octanol–water partition coefficient (Wildman–Crippen LogP) is 1.07. The van der Waals surface area contributed by atoms with Gasteiger partial charge in [0.05, 0.1) is 0 Å². The van der Waals surface area contributed by atoms with Crippen LogP contribution in [0.3, 0.4) is 0 Å². The van der Waals surface area contributed by atoms with Crippen molar-refractivity contribution in [2.45, 2.75) is 32.7 Å². The second-order valence-corrected chi connectivity index (χ2v) is 3.65. The van der Waals surface area contributed by atoms with Crippen LogP contribution in [0, 0.1) is 5.92 Å². The Morgan fingerprint density at radius 3 is 2.64 bits per heavy atom. The van der Waals surface area contributed by atoms with Crippen molar-refractivity contribution < 1.29 is 0 Å². The lowest BCUT2D eigenvalue weighted by Gasteiger charge is -2.43. The maximum absolute atomic E-state index is 5.49. The van der Waals surface area contributed by atoms with Crippen molar-refractivity contribution >= 4 is 0 Å². The average molecular weight is 156 g/mol. The third-order valence-corrected chi connectivity index (χ3v) is 2.77. The Labute approximate surface area is 69.8 Å². The standard InChI is InChI=1S/C9H20N2/c1-3-9-6-11(7-9)8(2)4-5-10/h8-9H,3-7,10H2,1-2H3. The first-order valence-corrected chi connectivity index (χ1v) is 4.72. The fraction of sp³-hybridized carbons (Fsp3) is 1.00. The van der Waals surface area contributed by atoms with E-state index in [2.05, 4.69) is 18.7 Å². The van der Waals surface area contributed by atoms with E-state index < -0.39 is 0 Å². The lowest BCUT2D eigenvalue weighted by Crippen LogP contribution is -2.51. The number of nitrogens with two attached hydrogens (primary N) is 1.